The van der Waals surface area contributed by atoms with Crippen molar-refractivity contribution in [1.29, 1.82) is 0 Å². The molecule has 3 aromatic rings. The highest BCUT2D eigenvalue weighted by Crippen LogP contribution is 2.34. The summed E-state index contributed by atoms with van der Waals surface area (Å²) in [6, 6.07) is 15.9. The molecule has 0 unspecified atom stereocenters. The van der Waals surface area contributed by atoms with Gasteiger partial charge in [0.15, 0.2) is 0 Å². The average molecular weight is 443 g/mol. The molecule has 2 aromatic carbocycles. The molecule has 0 fully saturated rings. The van der Waals surface area contributed by atoms with Crippen molar-refractivity contribution in [1.82, 2.24) is 0 Å². The van der Waals surface area contributed by atoms with Crippen molar-refractivity contribution in [3.05, 3.63) is 81.2 Å². The number of hydrogen-bond acceptors (Lipinski definition) is 5. The number of nitrogens with one attached hydrogen (secondary N) is 2. The van der Waals surface area contributed by atoms with Gasteiger partial charge in [0.1, 0.15) is 5.00 Å². The third kappa shape index (κ3) is 5.06. The van der Waals surface area contributed by atoms with Crippen molar-refractivity contribution in [3.63, 3.8) is 0 Å². The summed E-state index contributed by atoms with van der Waals surface area (Å²) < 4.78 is 4.85. The van der Waals surface area contributed by atoms with Gasteiger partial charge in [-0.15, -0.1) is 11.3 Å². The van der Waals surface area contributed by atoms with Crippen molar-refractivity contribution >= 4 is 51.4 Å². The summed E-state index contributed by atoms with van der Waals surface area (Å²) in [5, 5.41) is 6.34. The molecule has 0 aliphatic rings. The molecule has 2 N–H and O–H groups in total. The summed E-state index contributed by atoms with van der Waals surface area (Å²) in [4.78, 5) is 37.9. The lowest BCUT2D eigenvalue weighted by Crippen LogP contribution is -2.16. The number of rotatable bonds is 6. The van der Waals surface area contributed by atoms with E-state index in [0.717, 1.165) is 16.9 Å². The number of esters is 1. The molecule has 6 nitrogen and oxygen atoms in total. The summed E-state index contributed by atoms with van der Waals surface area (Å²) in [5.41, 5.74) is 2.01. The standard InChI is InChI=1S/C22H19ClN2O4S/c1-13-18(22(28)29-2)21(25-17(26)12-14-6-4-3-5-7-14)30-19(13)20(27)24-16-10-8-15(23)9-11-16/h3-11H,12H2,1-2H3,(H,24,27)(H,25,26). The van der Waals surface area contributed by atoms with E-state index in [9.17, 15) is 14.4 Å². The number of ether oxygens (including phenoxy) is 1. The third-order valence-corrected chi connectivity index (χ3v) is 5.76. The van der Waals surface area contributed by atoms with Gasteiger partial charge in [-0.05, 0) is 42.3 Å². The fourth-order valence-corrected chi connectivity index (χ4v) is 4.07. The molecule has 0 saturated carbocycles. The normalized spacial score (nSPS) is 10.4. The van der Waals surface area contributed by atoms with Crippen LogP contribution in [0.15, 0.2) is 54.6 Å². The van der Waals surface area contributed by atoms with Crippen molar-refractivity contribution in [2.75, 3.05) is 17.7 Å². The maximum atomic E-state index is 12.8. The predicted octanol–water partition coefficient (Wildman–Crippen LogP) is 4.93. The number of amides is 2. The van der Waals surface area contributed by atoms with Crippen LogP contribution in [-0.4, -0.2) is 24.9 Å². The Bertz CT molecular complexity index is 1080. The highest BCUT2D eigenvalue weighted by atomic mass is 35.5. The van der Waals surface area contributed by atoms with Gasteiger partial charge in [0, 0.05) is 10.7 Å². The first-order chi connectivity index (χ1) is 14.4. The fourth-order valence-electron chi connectivity index (χ4n) is 2.84. The van der Waals surface area contributed by atoms with Crippen LogP contribution >= 0.6 is 22.9 Å². The van der Waals surface area contributed by atoms with Gasteiger partial charge in [0.05, 0.1) is 24.0 Å². The second kappa shape index (κ2) is 9.56. The van der Waals surface area contributed by atoms with Crippen LogP contribution in [-0.2, 0) is 16.0 Å². The van der Waals surface area contributed by atoms with Crippen LogP contribution in [0.2, 0.25) is 5.02 Å². The number of carbonyl (C=O) groups is 3. The number of hydrogen-bond donors (Lipinski definition) is 2. The van der Waals surface area contributed by atoms with Crippen LogP contribution < -0.4 is 10.6 Å². The zero-order valence-corrected chi connectivity index (χ0v) is 17.9. The molecule has 0 aliphatic heterocycles. The van der Waals surface area contributed by atoms with Gasteiger partial charge in [-0.1, -0.05) is 41.9 Å². The second-order valence-electron chi connectivity index (χ2n) is 6.42. The molecule has 0 atom stereocenters. The smallest absolute Gasteiger partial charge is 0.341 e. The Morgan fingerprint density at radius 1 is 1.00 bits per heavy atom. The zero-order chi connectivity index (χ0) is 21.7. The summed E-state index contributed by atoms with van der Waals surface area (Å²) in [6.07, 6.45) is 0.144. The van der Waals surface area contributed by atoms with Crippen LogP contribution in [0.1, 0.15) is 31.2 Å². The van der Waals surface area contributed by atoms with E-state index in [2.05, 4.69) is 10.6 Å². The summed E-state index contributed by atoms with van der Waals surface area (Å²) in [7, 11) is 1.25. The van der Waals surface area contributed by atoms with E-state index in [4.69, 9.17) is 16.3 Å². The number of methoxy groups -OCH3 is 1. The molecule has 1 heterocycles. The molecule has 8 heteroatoms. The molecule has 154 valence electrons. The summed E-state index contributed by atoms with van der Waals surface area (Å²) >= 11 is 6.90. The Hall–Kier alpha value is -3.16. The first kappa shape index (κ1) is 21.5. The molecule has 3 rings (SSSR count). The van der Waals surface area contributed by atoms with Crippen LogP contribution in [0.3, 0.4) is 0 Å². The van der Waals surface area contributed by atoms with Gasteiger partial charge in [0.2, 0.25) is 5.91 Å². The minimum absolute atomic E-state index is 0.144. The van der Waals surface area contributed by atoms with E-state index < -0.39 is 11.9 Å². The second-order valence-corrected chi connectivity index (χ2v) is 7.88. The fraction of sp³-hybridized carbons (Fsp3) is 0.136. The van der Waals surface area contributed by atoms with Crippen molar-refractivity contribution < 1.29 is 19.1 Å². The van der Waals surface area contributed by atoms with Crippen LogP contribution in [0.4, 0.5) is 10.7 Å². The minimum Gasteiger partial charge on any atom is -0.465 e. The first-order valence-electron chi connectivity index (χ1n) is 9.01. The number of anilines is 2. The lowest BCUT2D eigenvalue weighted by atomic mass is 10.1. The third-order valence-electron chi connectivity index (χ3n) is 4.31. The number of carbonyl (C=O) groups excluding carboxylic acids is 3. The number of halogens is 1. The summed E-state index contributed by atoms with van der Waals surface area (Å²) in [5.74, 6) is -1.31. The Morgan fingerprint density at radius 2 is 1.67 bits per heavy atom. The maximum absolute atomic E-state index is 12.8. The average Bonchev–Trinajstić information content (AvgIpc) is 3.05. The predicted molar refractivity (Wildman–Crippen MR) is 119 cm³/mol. The Balaban J connectivity index is 1.85. The lowest BCUT2D eigenvalue weighted by molar-refractivity contribution is -0.115. The van der Waals surface area contributed by atoms with E-state index in [-0.39, 0.29) is 22.9 Å². The minimum atomic E-state index is -0.621. The molecule has 2 amide bonds. The summed E-state index contributed by atoms with van der Waals surface area (Å²) in [6.45, 7) is 1.65. The van der Waals surface area contributed by atoms with Crippen molar-refractivity contribution in [2.24, 2.45) is 0 Å². The zero-order valence-electron chi connectivity index (χ0n) is 16.3. The van der Waals surface area contributed by atoms with E-state index >= 15 is 0 Å². The highest BCUT2D eigenvalue weighted by Gasteiger charge is 2.26. The van der Waals surface area contributed by atoms with E-state index in [1.54, 1.807) is 31.2 Å². The molecule has 0 aliphatic carbocycles. The highest BCUT2D eigenvalue weighted by molar-refractivity contribution is 7.18. The molecule has 0 saturated heterocycles. The van der Waals surface area contributed by atoms with Crippen LogP contribution in [0.5, 0.6) is 0 Å². The lowest BCUT2D eigenvalue weighted by Gasteiger charge is -2.06. The SMILES string of the molecule is COC(=O)c1c(NC(=O)Cc2ccccc2)sc(C(=O)Nc2ccc(Cl)cc2)c1C. The largest absolute Gasteiger partial charge is 0.465 e. The van der Waals surface area contributed by atoms with Gasteiger partial charge in [-0.3, -0.25) is 9.59 Å². The van der Waals surface area contributed by atoms with E-state index in [1.807, 2.05) is 30.3 Å². The molecular formula is C22H19ClN2O4S. The molecule has 30 heavy (non-hydrogen) atoms. The van der Waals surface area contributed by atoms with Crippen LogP contribution in [0.25, 0.3) is 0 Å². The van der Waals surface area contributed by atoms with Gasteiger partial charge in [-0.25, -0.2) is 4.79 Å². The monoisotopic (exact) mass is 442 g/mol. The molecule has 0 spiro atoms. The van der Waals surface area contributed by atoms with Gasteiger partial charge < -0.3 is 15.4 Å². The number of thiophene rings is 1. The Kier molecular flexibility index (Phi) is 6.87. The van der Waals surface area contributed by atoms with E-state index in [1.165, 1.54) is 7.11 Å². The van der Waals surface area contributed by atoms with Crippen molar-refractivity contribution in [2.45, 2.75) is 13.3 Å². The maximum Gasteiger partial charge on any atom is 0.341 e. The Labute approximate surface area is 182 Å². The van der Waals surface area contributed by atoms with Crippen LogP contribution in [0, 0.1) is 6.92 Å². The van der Waals surface area contributed by atoms with Gasteiger partial charge in [0.25, 0.3) is 5.91 Å². The first-order valence-corrected chi connectivity index (χ1v) is 10.2. The molecule has 0 radical (unpaired) electrons. The topological polar surface area (TPSA) is 84.5 Å². The molecular weight excluding hydrogens is 424 g/mol. The number of benzene rings is 2. The Morgan fingerprint density at radius 3 is 2.30 bits per heavy atom. The quantitative estimate of drug-likeness (QED) is 0.530. The van der Waals surface area contributed by atoms with Gasteiger partial charge in [-0.2, -0.15) is 0 Å². The van der Waals surface area contributed by atoms with E-state index in [0.29, 0.717) is 21.2 Å². The molecule has 1 aromatic heterocycles. The van der Waals surface area contributed by atoms with Crippen molar-refractivity contribution in [3.8, 4) is 0 Å². The molecule has 0 bridgehead atoms. The van der Waals surface area contributed by atoms with Gasteiger partial charge >= 0.3 is 5.97 Å².